The van der Waals surface area contributed by atoms with E-state index in [1.165, 1.54) is 36.4 Å². The van der Waals surface area contributed by atoms with Gasteiger partial charge in [-0.15, -0.1) is 0 Å². The molecular formula is C13H8ClFO3. The van der Waals surface area contributed by atoms with E-state index in [1.807, 2.05) is 0 Å². The van der Waals surface area contributed by atoms with Crippen molar-refractivity contribution in [3.05, 3.63) is 58.9 Å². The molecule has 0 unspecified atom stereocenters. The smallest absolute Gasteiger partial charge is 0.335 e. The van der Waals surface area contributed by atoms with Gasteiger partial charge < -0.3 is 9.84 Å². The van der Waals surface area contributed by atoms with Crippen LogP contribution in [0.2, 0.25) is 5.02 Å². The molecule has 0 aliphatic heterocycles. The Bertz CT molecular complexity index is 599. The first kappa shape index (κ1) is 12.4. The summed E-state index contributed by atoms with van der Waals surface area (Å²) in [4.78, 5) is 10.7. The summed E-state index contributed by atoms with van der Waals surface area (Å²) in [7, 11) is 0. The molecule has 5 heteroatoms. The van der Waals surface area contributed by atoms with Crippen molar-refractivity contribution in [1.29, 1.82) is 0 Å². The summed E-state index contributed by atoms with van der Waals surface area (Å²) in [6, 6.07) is 9.65. The van der Waals surface area contributed by atoms with Crippen LogP contribution in [0.25, 0.3) is 0 Å². The number of carbonyl (C=O) groups is 1. The highest BCUT2D eigenvalue weighted by molar-refractivity contribution is 6.32. The van der Waals surface area contributed by atoms with Crippen LogP contribution in [0.3, 0.4) is 0 Å². The lowest BCUT2D eigenvalue weighted by molar-refractivity contribution is 0.0697. The fourth-order valence-electron chi connectivity index (χ4n) is 1.37. The molecule has 18 heavy (non-hydrogen) atoms. The van der Waals surface area contributed by atoms with Crippen molar-refractivity contribution in [3.8, 4) is 11.5 Å². The quantitative estimate of drug-likeness (QED) is 0.914. The second-order valence-electron chi connectivity index (χ2n) is 3.51. The maximum atomic E-state index is 12.9. The summed E-state index contributed by atoms with van der Waals surface area (Å²) in [5.41, 5.74) is 0.0617. The number of hydrogen-bond acceptors (Lipinski definition) is 2. The maximum absolute atomic E-state index is 12.9. The molecule has 0 saturated carbocycles. The Hall–Kier alpha value is -2.07. The molecule has 2 rings (SSSR count). The summed E-state index contributed by atoms with van der Waals surface area (Å²) in [5, 5.41) is 8.93. The molecule has 3 nitrogen and oxygen atoms in total. The van der Waals surface area contributed by atoms with Crippen molar-refractivity contribution in [3.63, 3.8) is 0 Å². The zero-order chi connectivity index (χ0) is 13.1. The molecule has 0 amide bonds. The summed E-state index contributed by atoms with van der Waals surface area (Å²) in [6.45, 7) is 0. The van der Waals surface area contributed by atoms with Crippen LogP contribution in [-0.4, -0.2) is 11.1 Å². The molecule has 0 heterocycles. The minimum Gasteiger partial charge on any atom is -0.478 e. The predicted octanol–water partition coefficient (Wildman–Crippen LogP) is 3.97. The van der Waals surface area contributed by atoms with Crippen LogP contribution in [0.5, 0.6) is 11.5 Å². The zero-order valence-electron chi connectivity index (χ0n) is 9.06. The Labute approximate surface area is 107 Å². The molecular weight excluding hydrogens is 259 g/mol. The average molecular weight is 267 g/mol. The van der Waals surface area contributed by atoms with Crippen LogP contribution >= 0.6 is 11.6 Å². The van der Waals surface area contributed by atoms with Crippen molar-refractivity contribution in [2.45, 2.75) is 0 Å². The average Bonchev–Trinajstić information content (AvgIpc) is 2.31. The van der Waals surface area contributed by atoms with E-state index in [1.54, 1.807) is 6.07 Å². The van der Waals surface area contributed by atoms with E-state index in [9.17, 15) is 9.18 Å². The fourth-order valence-corrected chi connectivity index (χ4v) is 1.59. The van der Waals surface area contributed by atoms with Gasteiger partial charge in [-0.2, -0.15) is 0 Å². The first-order valence-electron chi connectivity index (χ1n) is 5.02. The van der Waals surface area contributed by atoms with Crippen molar-refractivity contribution < 1.29 is 19.0 Å². The van der Waals surface area contributed by atoms with Gasteiger partial charge in [-0.25, -0.2) is 9.18 Å². The summed E-state index contributed by atoms with van der Waals surface area (Å²) >= 11 is 5.88. The van der Waals surface area contributed by atoms with Crippen LogP contribution in [0.15, 0.2) is 42.5 Å². The maximum Gasteiger partial charge on any atom is 0.335 e. The third-order valence-electron chi connectivity index (χ3n) is 2.20. The molecule has 0 radical (unpaired) electrons. The van der Waals surface area contributed by atoms with Gasteiger partial charge in [0.2, 0.25) is 0 Å². The number of carboxylic acid groups (broad SMARTS) is 1. The summed E-state index contributed by atoms with van der Waals surface area (Å²) in [5.74, 6) is -0.938. The predicted molar refractivity (Wildman–Crippen MR) is 64.9 cm³/mol. The highest BCUT2D eigenvalue weighted by Crippen LogP contribution is 2.30. The van der Waals surface area contributed by atoms with E-state index in [2.05, 4.69) is 0 Å². The molecule has 0 atom stereocenters. The van der Waals surface area contributed by atoms with Crippen molar-refractivity contribution in [1.82, 2.24) is 0 Å². The number of rotatable bonds is 3. The van der Waals surface area contributed by atoms with Crippen LogP contribution < -0.4 is 4.74 Å². The molecule has 0 bridgehead atoms. The summed E-state index contributed by atoms with van der Waals surface area (Å²) < 4.78 is 18.3. The van der Waals surface area contributed by atoms with Crippen LogP contribution in [0.1, 0.15) is 10.4 Å². The summed E-state index contributed by atoms with van der Waals surface area (Å²) in [6.07, 6.45) is 0. The Morgan fingerprint density at radius 1 is 1.22 bits per heavy atom. The molecule has 0 aromatic heterocycles. The molecule has 1 N–H and O–H groups in total. The topological polar surface area (TPSA) is 46.5 Å². The lowest BCUT2D eigenvalue weighted by atomic mass is 10.2. The minimum absolute atomic E-state index is 0.0617. The first-order valence-corrected chi connectivity index (χ1v) is 5.40. The number of benzene rings is 2. The van der Waals surface area contributed by atoms with Gasteiger partial charge >= 0.3 is 5.97 Å². The van der Waals surface area contributed by atoms with E-state index in [-0.39, 0.29) is 16.3 Å². The third-order valence-corrected chi connectivity index (χ3v) is 2.50. The van der Waals surface area contributed by atoms with Crippen molar-refractivity contribution in [2.24, 2.45) is 0 Å². The molecule has 92 valence electrons. The van der Waals surface area contributed by atoms with E-state index in [0.717, 1.165) is 0 Å². The highest BCUT2D eigenvalue weighted by Gasteiger charge is 2.08. The number of hydrogen-bond donors (Lipinski definition) is 1. The molecule has 0 fully saturated rings. The van der Waals surface area contributed by atoms with Gasteiger partial charge in [0, 0.05) is 6.07 Å². The lowest BCUT2D eigenvalue weighted by Crippen LogP contribution is -1.96. The molecule has 2 aromatic carbocycles. The Morgan fingerprint density at radius 3 is 2.61 bits per heavy atom. The van der Waals surface area contributed by atoms with Gasteiger partial charge in [0.25, 0.3) is 0 Å². The van der Waals surface area contributed by atoms with Gasteiger partial charge in [-0.05, 0) is 30.3 Å². The molecule has 2 aromatic rings. The fraction of sp³-hybridized carbons (Fsp3) is 0. The van der Waals surface area contributed by atoms with Crippen LogP contribution in [0.4, 0.5) is 4.39 Å². The normalized spacial score (nSPS) is 10.1. The number of halogens is 2. The largest absolute Gasteiger partial charge is 0.478 e. The SMILES string of the molecule is O=C(O)c1ccc(Oc2cccc(F)c2)c(Cl)c1. The second kappa shape index (κ2) is 5.06. The standard InChI is InChI=1S/C13H8ClFO3/c14-11-6-8(13(16)17)4-5-12(11)18-10-3-1-2-9(15)7-10/h1-7H,(H,16,17). The zero-order valence-corrected chi connectivity index (χ0v) is 9.82. The Morgan fingerprint density at radius 2 is 2.00 bits per heavy atom. The Kier molecular flexibility index (Phi) is 3.48. The number of ether oxygens (including phenoxy) is 1. The van der Waals surface area contributed by atoms with Gasteiger partial charge in [0.1, 0.15) is 17.3 Å². The van der Waals surface area contributed by atoms with Crippen LogP contribution in [0, 0.1) is 5.82 Å². The first-order chi connectivity index (χ1) is 8.56. The van der Waals surface area contributed by atoms with E-state index < -0.39 is 11.8 Å². The lowest BCUT2D eigenvalue weighted by Gasteiger charge is -2.08. The number of carboxylic acids is 1. The van der Waals surface area contributed by atoms with Crippen LogP contribution in [-0.2, 0) is 0 Å². The molecule has 0 saturated heterocycles. The molecule has 0 spiro atoms. The third kappa shape index (κ3) is 2.78. The van der Waals surface area contributed by atoms with Gasteiger partial charge in [0.05, 0.1) is 10.6 Å². The highest BCUT2D eigenvalue weighted by atomic mass is 35.5. The Balaban J connectivity index is 2.27. The van der Waals surface area contributed by atoms with E-state index in [0.29, 0.717) is 5.75 Å². The van der Waals surface area contributed by atoms with Crippen molar-refractivity contribution >= 4 is 17.6 Å². The van der Waals surface area contributed by atoms with Crippen molar-refractivity contribution in [2.75, 3.05) is 0 Å². The molecule has 0 aliphatic rings. The number of aromatic carboxylic acids is 1. The van der Waals surface area contributed by atoms with E-state index in [4.69, 9.17) is 21.4 Å². The van der Waals surface area contributed by atoms with Gasteiger partial charge in [-0.1, -0.05) is 17.7 Å². The van der Waals surface area contributed by atoms with E-state index >= 15 is 0 Å². The van der Waals surface area contributed by atoms with Gasteiger partial charge in [0.15, 0.2) is 0 Å². The molecule has 0 aliphatic carbocycles. The minimum atomic E-state index is -1.07. The second-order valence-corrected chi connectivity index (χ2v) is 3.92. The monoisotopic (exact) mass is 266 g/mol. The van der Waals surface area contributed by atoms with Gasteiger partial charge in [-0.3, -0.25) is 0 Å².